The van der Waals surface area contributed by atoms with Crippen molar-refractivity contribution in [2.75, 3.05) is 0 Å². The Balaban J connectivity index is 2.41. The number of hydrogen-bond acceptors (Lipinski definition) is 4. The van der Waals surface area contributed by atoms with Gasteiger partial charge in [-0.05, 0) is 25.2 Å². The first-order valence-electron chi connectivity index (χ1n) is 5.97. The second-order valence-corrected chi connectivity index (χ2v) is 4.79. The summed E-state index contributed by atoms with van der Waals surface area (Å²) in [5.74, 6) is 0.424. The van der Waals surface area contributed by atoms with Crippen LogP contribution in [-0.4, -0.2) is 9.55 Å². The van der Waals surface area contributed by atoms with E-state index in [2.05, 4.69) is 18.0 Å². The first kappa shape index (κ1) is 12.1. The molecule has 90 valence electrons. The monoisotopic (exact) mass is 239 g/mol. The van der Waals surface area contributed by atoms with E-state index in [1.807, 2.05) is 12.1 Å². The molecule has 0 aromatic carbocycles. The van der Waals surface area contributed by atoms with Crippen LogP contribution in [0.4, 0.5) is 0 Å². The van der Waals surface area contributed by atoms with Crippen LogP contribution in [0.1, 0.15) is 43.6 Å². The summed E-state index contributed by atoms with van der Waals surface area (Å²) in [5.41, 5.74) is 0.421. The van der Waals surface area contributed by atoms with Crippen molar-refractivity contribution < 1.29 is 0 Å². The molecule has 0 radical (unpaired) electrons. The maximum atomic E-state index is 9.20. The lowest BCUT2D eigenvalue weighted by Gasteiger charge is -2.32. The lowest BCUT2D eigenvalue weighted by atomic mass is 9.79. The van der Waals surface area contributed by atoms with E-state index in [0.29, 0.717) is 5.92 Å². The third-order valence-corrected chi connectivity index (χ3v) is 3.61. The fraction of sp³-hybridized carbons (Fsp3) is 0.538. The summed E-state index contributed by atoms with van der Waals surface area (Å²) in [6.45, 7) is 2.15. The molecule has 1 aliphatic rings. The molecule has 0 saturated heterocycles. The van der Waals surface area contributed by atoms with Crippen LogP contribution < -0.4 is 0 Å². The van der Waals surface area contributed by atoms with Crippen LogP contribution in [0.15, 0.2) is 6.33 Å². The van der Waals surface area contributed by atoms with Gasteiger partial charge in [-0.1, -0.05) is 6.92 Å². The quantitative estimate of drug-likeness (QED) is 0.750. The number of rotatable bonds is 1. The van der Waals surface area contributed by atoms with E-state index in [1.165, 1.54) is 6.33 Å². The van der Waals surface area contributed by atoms with Crippen LogP contribution in [0, 0.1) is 45.8 Å². The second kappa shape index (κ2) is 4.90. The van der Waals surface area contributed by atoms with E-state index >= 15 is 0 Å². The summed E-state index contributed by atoms with van der Waals surface area (Å²) in [4.78, 5) is 3.94. The molecule has 0 spiro atoms. The first-order chi connectivity index (χ1) is 8.71. The summed E-state index contributed by atoms with van der Waals surface area (Å²) >= 11 is 0. The molecule has 5 nitrogen and oxygen atoms in total. The average Bonchev–Trinajstić information content (AvgIpc) is 2.81. The maximum absolute atomic E-state index is 9.20. The molecule has 1 heterocycles. The molecule has 1 aliphatic carbocycles. The largest absolute Gasteiger partial charge is 0.317 e. The van der Waals surface area contributed by atoms with Crippen molar-refractivity contribution in [3.8, 4) is 18.2 Å². The summed E-state index contributed by atoms with van der Waals surface area (Å²) in [6.07, 6.45) is 4.25. The molecule has 1 aromatic heterocycles. The molecule has 2 rings (SSSR count). The Hall–Kier alpha value is -2.32. The maximum Gasteiger partial charge on any atom is 0.176 e. The van der Waals surface area contributed by atoms with Gasteiger partial charge in [0, 0.05) is 0 Å². The minimum atomic E-state index is -0.103. The zero-order chi connectivity index (χ0) is 13.1. The number of nitrogens with zero attached hydrogens (tertiary/aromatic N) is 5. The Labute approximate surface area is 106 Å². The lowest BCUT2D eigenvalue weighted by Crippen LogP contribution is -2.26. The van der Waals surface area contributed by atoms with Crippen LogP contribution in [0.5, 0.6) is 0 Å². The van der Waals surface area contributed by atoms with Gasteiger partial charge in [0.25, 0.3) is 0 Å². The predicted octanol–water partition coefficient (Wildman–Crippen LogP) is 2.13. The topological polar surface area (TPSA) is 89.2 Å². The summed E-state index contributed by atoms with van der Waals surface area (Å²) in [7, 11) is 0. The SMILES string of the molecule is CC1CCC(C#N)C(n2cnc(C#N)c2C#N)C1. The third-order valence-electron chi connectivity index (χ3n) is 3.61. The van der Waals surface area contributed by atoms with Gasteiger partial charge < -0.3 is 4.57 Å². The van der Waals surface area contributed by atoms with E-state index in [0.717, 1.165) is 19.3 Å². The van der Waals surface area contributed by atoms with Crippen molar-refractivity contribution in [2.24, 2.45) is 11.8 Å². The smallest absolute Gasteiger partial charge is 0.176 e. The van der Waals surface area contributed by atoms with E-state index in [9.17, 15) is 5.26 Å². The lowest BCUT2D eigenvalue weighted by molar-refractivity contribution is 0.231. The normalized spacial score (nSPS) is 26.9. The molecule has 0 N–H and O–H groups in total. The Morgan fingerprint density at radius 3 is 2.67 bits per heavy atom. The second-order valence-electron chi connectivity index (χ2n) is 4.79. The molecule has 1 fully saturated rings. The van der Waals surface area contributed by atoms with Gasteiger partial charge in [-0.2, -0.15) is 15.8 Å². The highest BCUT2D eigenvalue weighted by molar-refractivity contribution is 5.36. The van der Waals surface area contributed by atoms with Gasteiger partial charge >= 0.3 is 0 Å². The third kappa shape index (κ3) is 1.94. The molecule has 1 aromatic rings. The predicted molar refractivity (Wildman–Crippen MR) is 62.8 cm³/mol. The van der Waals surface area contributed by atoms with Crippen LogP contribution in [0.2, 0.25) is 0 Å². The number of aromatic nitrogens is 2. The van der Waals surface area contributed by atoms with Gasteiger partial charge in [0.15, 0.2) is 11.4 Å². The summed E-state index contributed by atoms with van der Waals surface area (Å²) < 4.78 is 1.71. The van der Waals surface area contributed by atoms with Gasteiger partial charge in [0.1, 0.15) is 12.1 Å². The van der Waals surface area contributed by atoms with Crippen molar-refractivity contribution in [2.45, 2.75) is 32.2 Å². The van der Waals surface area contributed by atoms with Gasteiger partial charge in [-0.3, -0.25) is 0 Å². The standard InChI is InChI=1S/C13H13N5/c1-9-2-3-10(5-14)12(4-9)18-8-17-11(6-15)13(18)7-16/h8-10,12H,2-4H2,1H3. The van der Waals surface area contributed by atoms with Crippen molar-refractivity contribution in [1.29, 1.82) is 15.8 Å². The summed E-state index contributed by atoms with van der Waals surface area (Å²) in [6, 6.07) is 6.20. The molecule has 18 heavy (non-hydrogen) atoms. The highest BCUT2D eigenvalue weighted by Crippen LogP contribution is 2.37. The molecule has 0 amide bonds. The number of hydrogen-bond donors (Lipinski definition) is 0. The van der Waals surface area contributed by atoms with Crippen LogP contribution in [0.3, 0.4) is 0 Å². The number of nitriles is 3. The number of imidazole rings is 1. The molecule has 1 saturated carbocycles. The Bertz CT molecular complexity index is 566. The van der Waals surface area contributed by atoms with E-state index in [-0.39, 0.29) is 23.3 Å². The van der Waals surface area contributed by atoms with E-state index in [1.54, 1.807) is 4.57 Å². The Morgan fingerprint density at radius 1 is 1.28 bits per heavy atom. The van der Waals surface area contributed by atoms with Gasteiger partial charge in [-0.15, -0.1) is 0 Å². The highest BCUT2D eigenvalue weighted by atomic mass is 15.1. The molecule has 3 unspecified atom stereocenters. The Kier molecular flexibility index (Phi) is 3.31. The molecule has 3 atom stereocenters. The van der Waals surface area contributed by atoms with Gasteiger partial charge in [0.2, 0.25) is 0 Å². The molecule has 5 heteroatoms. The first-order valence-corrected chi connectivity index (χ1v) is 5.97. The minimum absolute atomic E-state index is 0.0389. The fourth-order valence-corrected chi connectivity index (χ4v) is 2.61. The van der Waals surface area contributed by atoms with Crippen molar-refractivity contribution >= 4 is 0 Å². The van der Waals surface area contributed by atoms with Crippen molar-refractivity contribution in [3.05, 3.63) is 17.7 Å². The zero-order valence-electron chi connectivity index (χ0n) is 10.2. The molecule has 0 bridgehead atoms. The minimum Gasteiger partial charge on any atom is -0.317 e. The molecular formula is C13H13N5. The van der Waals surface area contributed by atoms with Crippen LogP contribution >= 0.6 is 0 Å². The molecular weight excluding hydrogens is 226 g/mol. The Morgan fingerprint density at radius 2 is 2.06 bits per heavy atom. The fourth-order valence-electron chi connectivity index (χ4n) is 2.61. The van der Waals surface area contributed by atoms with E-state index in [4.69, 9.17) is 10.5 Å². The van der Waals surface area contributed by atoms with Crippen LogP contribution in [0.25, 0.3) is 0 Å². The zero-order valence-corrected chi connectivity index (χ0v) is 10.2. The van der Waals surface area contributed by atoms with Crippen molar-refractivity contribution in [1.82, 2.24) is 9.55 Å². The van der Waals surface area contributed by atoms with E-state index < -0.39 is 0 Å². The summed E-state index contributed by atoms with van der Waals surface area (Å²) in [5, 5.41) is 27.2. The van der Waals surface area contributed by atoms with Crippen LogP contribution in [-0.2, 0) is 0 Å². The molecule has 0 aliphatic heterocycles. The van der Waals surface area contributed by atoms with Crippen molar-refractivity contribution in [3.63, 3.8) is 0 Å². The van der Waals surface area contributed by atoms with Gasteiger partial charge in [-0.25, -0.2) is 4.98 Å². The van der Waals surface area contributed by atoms with Gasteiger partial charge in [0.05, 0.1) is 24.4 Å². The highest BCUT2D eigenvalue weighted by Gasteiger charge is 2.31. The average molecular weight is 239 g/mol.